The van der Waals surface area contributed by atoms with Gasteiger partial charge in [-0.05, 0) is 24.7 Å². The molecule has 2 atom stereocenters. The van der Waals surface area contributed by atoms with Gasteiger partial charge in [0.15, 0.2) is 0 Å². The summed E-state index contributed by atoms with van der Waals surface area (Å²) in [7, 11) is 0. The standard InChI is InChI=1S/C40H82O/c1-7-9-11-13-15-17-19-21-23-25-27-29-31-33-35-39(37(3)4)41-40(38(5)6)36-34-32-30-28-26-24-22-20-18-16-14-12-10-8-2/h37-40H,7-36H2,1-6H3. The van der Waals surface area contributed by atoms with Crippen molar-refractivity contribution in [1.29, 1.82) is 0 Å². The van der Waals surface area contributed by atoms with Gasteiger partial charge in [0.2, 0.25) is 0 Å². The van der Waals surface area contributed by atoms with Crippen molar-refractivity contribution in [3.8, 4) is 0 Å². The number of hydrogen-bond donors (Lipinski definition) is 0. The lowest BCUT2D eigenvalue weighted by molar-refractivity contribution is -0.0650. The minimum absolute atomic E-state index is 0.450. The van der Waals surface area contributed by atoms with E-state index in [0.717, 1.165) is 0 Å². The van der Waals surface area contributed by atoms with Crippen molar-refractivity contribution >= 4 is 0 Å². The van der Waals surface area contributed by atoms with Crippen LogP contribution < -0.4 is 0 Å². The lowest BCUT2D eigenvalue weighted by Gasteiger charge is -2.30. The molecule has 248 valence electrons. The van der Waals surface area contributed by atoms with E-state index in [4.69, 9.17) is 4.74 Å². The molecule has 0 aromatic carbocycles. The second-order valence-corrected chi connectivity index (χ2v) is 14.5. The Morgan fingerprint density at radius 1 is 0.293 bits per heavy atom. The SMILES string of the molecule is CCCCCCCCCCCCCCCCC(OC(CCCCCCCCCCCCCCCC)C(C)C)C(C)C. The first-order valence-corrected chi connectivity index (χ1v) is 19.7. The highest BCUT2D eigenvalue weighted by molar-refractivity contribution is 4.70. The van der Waals surface area contributed by atoms with E-state index in [1.54, 1.807) is 0 Å². The minimum atomic E-state index is 0.450. The minimum Gasteiger partial charge on any atom is -0.374 e. The molecule has 0 spiro atoms. The molecule has 0 aliphatic rings. The van der Waals surface area contributed by atoms with E-state index in [0.29, 0.717) is 24.0 Å². The molecule has 0 aliphatic carbocycles. The second kappa shape index (κ2) is 32.9. The van der Waals surface area contributed by atoms with Crippen LogP contribution in [0.25, 0.3) is 0 Å². The molecule has 0 saturated carbocycles. The van der Waals surface area contributed by atoms with Crippen molar-refractivity contribution in [3.05, 3.63) is 0 Å². The van der Waals surface area contributed by atoms with E-state index in [2.05, 4.69) is 41.5 Å². The van der Waals surface area contributed by atoms with E-state index in [1.165, 1.54) is 193 Å². The Morgan fingerprint density at radius 2 is 0.488 bits per heavy atom. The van der Waals surface area contributed by atoms with Gasteiger partial charge in [0.05, 0.1) is 12.2 Å². The lowest BCUT2D eigenvalue weighted by atomic mass is 9.96. The van der Waals surface area contributed by atoms with E-state index in [9.17, 15) is 0 Å². The molecule has 0 fully saturated rings. The predicted octanol–water partition coefficient (Wildman–Crippen LogP) is 14.8. The highest BCUT2D eigenvalue weighted by Gasteiger charge is 2.21. The zero-order valence-electron chi connectivity index (χ0n) is 29.9. The highest BCUT2D eigenvalue weighted by Crippen LogP contribution is 2.24. The Balaban J connectivity index is 3.77. The maximum absolute atomic E-state index is 6.80. The molecule has 0 aliphatic heterocycles. The summed E-state index contributed by atoms with van der Waals surface area (Å²) in [5.74, 6) is 1.27. The molecule has 0 aromatic rings. The van der Waals surface area contributed by atoms with E-state index < -0.39 is 0 Å². The van der Waals surface area contributed by atoms with Gasteiger partial charge in [-0.15, -0.1) is 0 Å². The summed E-state index contributed by atoms with van der Waals surface area (Å²) < 4.78 is 6.80. The first-order chi connectivity index (χ1) is 20.0. The smallest absolute Gasteiger partial charge is 0.0601 e. The molecule has 41 heavy (non-hydrogen) atoms. The summed E-state index contributed by atoms with van der Waals surface area (Å²) in [6.07, 6.45) is 43.7. The maximum atomic E-state index is 6.80. The third-order valence-electron chi connectivity index (χ3n) is 9.52. The average Bonchev–Trinajstić information content (AvgIpc) is 2.95. The second-order valence-electron chi connectivity index (χ2n) is 14.5. The highest BCUT2D eigenvalue weighted by atomic mass is 16.5. The van der Waals surface area contributed by atoms with Gasteiger partial charge in [-0.2, -0.15) is 0 Å². The molecule has 0 aromatic heterocycles. The molecule has 0 amide bonds. The predicted molar refractivity (Wildman–Crippen MR) is 188 cm³/mol. The Bertz CT molecular complexity index is 427. The zero-order valence-corrected chi connectivity index (χ0v) is 29.9. The van der Waals surface area contributed by atoms with Gasteiger partial charge in [0.25, 0.3) is 0 Å². The van der Waals surface area contributed by atoms with Gasteiger partial charge in [0.1, 0.15) is 0 Å². The molecule has 0 heterocycles. The van der Waals surface area contributed by atoms with Crippen LogP contribution in [-0.2, 0) is 4.74 Å². The third-order valence-corrected chi connectivity index (χ3v) is 9.52. The molecule has 0 saturated heterocycles. The van der Waals surface area contributed by atoms with E-state index in [-0.39, 0.29) is 0 Å². The maximum Gasteiger partial charge on any atom is 0.0601 e. The van der Waals surface area contributed by atoms with Crippen LogP contribution in [0.1, 0.15) is 234 Å². The van der Waals surface area contributed by atoms with Gasteiger partial charge < -0.3 is 4.74 Å². The first kappa shape index (κ1) is 41.0. The monoisotopic (exact) mass is 579 g/mol. The topological polar surface area (TPSA) is 9.23 Å². The summed E-state index contributed by atoms with van der Waals surface area (Å²) in [5, 5.41) is 0. The largest absolute Gasteiger partial charge is 0.374 e. The quantitative estimate of drug-likeness (QED) is 0.0690. The fourth-order valence-electron chi connectivity index (χ4n) is 6.42. The van der Waals surface area contributed by atoms with Crippen LogP contribution in [0.15, 0.2) is 0 Å². The summed E-state index contributed by atoms with van der Waals surface area (Å²) >= 11 is 0. The van der Waals surface area contributed by atoms with Gasteiger partial charge in [-0.25, -0.2) is 0 Å². The van der Waals surface area contributed by atoms with Crippen LogP contribution in [0.5, 0.6) is 0 Å². The fourth-order valence-corrected chi connectivity index (χ4v) is 6.42. The van der Waals surface area contributed by atoms with Crippen LogP contribution in [0.3, 0.4) is 0 Å². The third kappa shape index (κ3) is 29.8. The molecule has 2 unspecified atom stereocenters. The molecule has 0 radical (unpaired) electrons. The van der Waals surface area contributed by atoms with Gasteiger partial charge >= 0.3 is 0 Å². The summed E-state index contributed by atoms with van der Waals surface area (Å²) in [6.45, 7) is 14.1. The molecular formula is C40H82O. The number of unbranched alkanes of at least 4 members (excludes halogenated alkanes) is 26. The van der Waals surface area contributed by atoms with Crippen molar-refractivity contribution < 1.29 is 4.74 Å². The lowest BCUT2D eigenvalue weighted by Crippen LogP contribution is -2.30. The Kier molecular flexibility index (Phi) is 32.8. The molecular weight excluding hydrogens is 496 g/mol. The first-order valence-electron chi connectivity index (χ1n) is 19.7. The molecule has 1 nitrogen and oxygen atoms in total. The molecule has 0 bridgehead atoms. The van der Waals surface area contributed by atoms with Gasteiger partial charge in [0, 0.05) is 0 Å². The van der Waals surface area contributed by atoms with E-state index >= 15 is 0 Å². The zero-order chi connectivity index (χ0) is 30.2. The van der Waals surface area contributed by atoms with Crippen molar-refractivity contribution in [1.82, 2.24) is 0 Å². The normalized spacial score (nSPS) is 13.5. The number of ether oxygens (including phenoxy) is 1. The molecule has 0 rings (SSSR count). The van der Waals surface area contributed by atoms with Crippen LogP contribution >= 0.6 is 0 Å². The van der Waals surface area contributed by atoms with Crippen molar-refractivity contribution in [2.24, 2.45) is 11.8 Å². The number of hydrogen-bond acceptors (Lipinski definition) is 1. The average molecular weight is 579 g/mol. The van der Waals surface area contributed by atoms with E-state index in [1.807, 2.05) is 0 Å². The van der Waals surface area contributed by atoms with Crippen molar-refractivity contribution in [2.45, 2.75) is 246 Å². The van der Waals surface area contributed by atoms with Gasteiger partial charge in [-0.1, -0.05) is 221 Å². The van der Waals surface area contributed by atoms with Crippen molar-refractivity contribution in [3.63, 3.8) is 0 Å². The van der Waals surface area contributed by atoms with Crippen LogP contribution in [-0.4, -0.2) is 12.2 Å². The molecule has 0 N–H and O–H groups in total. The summed E-state index contributed by atoms with van der Waals surface area (Å²) in [5.41, 5.74) is 0. The van der Waals surface area contributed by atoms with Crippen LogP contribution in [0.4, 0.5) is 0 Å². The Morgan fingerprint density at radius 3 is 0.683 bits per heavy atom. The summed E-state index contributed by atoms with van der Waals surface area (Å²) in [4.78, 5) is 0. The van der Waals surface area contributed by atoms with Gasteiger partial charge in [-0.3, -0.25) is 0 Å². The Labute approximate surface area is 262 Å². The van der Waals surface area contributed by atoms with Crippen LogP contribution in [0, 0.1) is 11.8 Å². The number of rotatable bonds is 34. The molecule has 1 heteroatoms. The van der Waals surface area contributed by atoms with Crippen LogP contribution in [0.2, 0.25) is 0 Å². The van der Waals surface area contributed by atoms with Crippen molar-refractivity contribution in [2.75, 3.05) is 0 Å². The summed E-state index contributed by atoms with van der Waals surface area (Å²) in [6, 6.07) is 0. The Hall–Kier alpha value is -0.0400. The fraction of sp³-hybridized carbons (Fsp3) is 1.00.